The lowest BCUT2D eigenvalue weighted by molar-refractivity contribution is 0.628. The Hall–Kier alpha value is -2.74. The Morgan fingerprint density at radius 3 is 2.72 bits per heavy atom. The first-order valence-corrected chi connectivity index (χ1v) is 5.20. The highest BCUT2D eigenvalue weighted by atomic mass is 19.1. The first-order chi connectivity index (χ1) is 8.78. The third kappa shape index (κ3) is 3.12. The van der Waals surface area contributed by atoms with Crippen LogP contribution in [0.2, 0.25) is 0 Å². The van der Waals surface area contributed by atoms with Gasteiger partial charge in [-0.25, -0.2) is 4.39 Å². The van der Waals surface area contributed by atoms with Crippen LogP contribution in [0.5, 0.6) is 0 Å². The van der Waals surface area contributed by atoms with Crippen molar-refractivity contribution in [2.45, 2.75) is 0 Å². The highest BCUT2D eigenvalue weighted by molar-refractivity contribution is 5.45. The number of hydrogen-bond donors (Lipinski definition) is 1. The van der Waals surface area contributed by atoms with Crippen LogP contribution in [0.15, 0.2) is 58.9 Å². The fraction of sp³-hybridized carbons (Fsp3) is 0. The summed E-state index contributed by atoms with van der Waals surface area (Å²) >= 11 is 0. The van der Waals surface area contributed by atoms with Crippen LogP contribution in [0, 0.1) is 17.1 Å². The van der Waals surface area contributed by atoms with Crippen LogP contribution >= 0.6 is 0 Å². The fourth-order valence-electron chi connectivity index (χ4n) is 1.34. The molecule has 4 nitrogen and oxygen atoms in total. The van der Waals surface area contributed by atoms with Crippen molar-refractivity contribution in [3.8, 4) is 6.07 Å². The van der Waals surface area contributed by atoms with Crippen LogP contribution < -0.4 is 5.43 Å². The van der Waals surface area contributed by atoms with Crippen molar-refractivity contribution < 1.29 is 4.39 Å². The van der Waals surface area contributed by atoms with Crippen molar-refractivity contribution in [1.29, 1.82) is 5.26 Å². The molecule has 0 saturated heterocycles. The quantitative estimate of drug-likeness (QED) is 0.655. The van der Waals surface area contributed by atoms with Crippen LogP contribution in [-0.2, 0) is 0 Å². The molecule has 0 unspecified atom stereocenters. The third-order valence-electron chi connectivity index (χ3n) is 2.14. The van der Waals surface area contributed by atoms with Crippen LogP contribution in [0.1, 0.15) is 5.56 Å². The van der Waals surface area contributed by atoms with Gasteiger partial charge in [0.25, 0.3) is 0 Å². The lowest BCUT2D eigenvalue weighted by atomic mass is 10.2. The van der Waals surface area contributed by atoms with E-state index in [1.165, 1.54) is 12.1 Å². The normalized spacial score (nSPS) is 10.2. The van der Waals surface area contributed by atoms with Gasteiger partial charge in [-0.15, -0.1) is 5.11 Å². The van der Waals surface area contributed by atoms with E-state index in [0.29, 0.717) is 16.9 Å². The molecule has 0 bridgehead atoms. The van der Waals surface area contributed by atoms with Crippen molar-refractivity contribution in [3.63, 3.8) is 0 Å². The number of rotatable bonds is 3. The van der Waals surface area contributed by atoms with Crippen molar-refractivity contribution in [3.05, 3.63) is 59.9 Å². The summed E-state index contributed by atoms with van der Waals surface area (Å²) in [6.07, 6.45) is 0. The molecule has 2 aromatic carbocycles. The molecule has 0 saturated carbocycles. The molecule has 0 spiro atoms. The highest BCUT2D eigenvalue weighted by Gasteiger charge is 1.94. The Morgan fingerprint density at radius 1 is 1.11 bits per heavy atom. The SMILES string of the molecule is N#Cc1cccc(N=NNc2cccc(F)c2)c1. The second kappa shape index (κ2) is 5.55. The molecule has 0 fully saturated rings. The average molecular weight is 240 g/mol. The summed E-state index contributed by atoms with van der Waals surface area (Å²) in [5, 5.41) is 16.3. The van der Waals surface area contributed by atoms with E-state index in [9.17, 15) is 4.39 Å². The van der Waals surface area contributed by atoms with Gasteiger partial charge in [0.2, 0.25) is 0 Å². The maximum atomic E-state index is 12.9. The second-order valence-electron chi connectivity index (χ2n) is 3.48. The van der Waals surface area contributed by atoms with Gasteiger partial charge in [0, 0.05) is 0 Å². The molecule has 2 aromatic rings. The molecule has 0 amide bonds. The van der Waals surface area contributed by atoms with E-state index in [1.54, 1.807) is 36.4 Å². The summed E-state index contributed by atoms with van der Waals surface area (Å²) in [6, 6.07) is 14.6. The number of halogens is 1. The summed E-state index contributed by atoms with van der Waals surface area (Å²) in [5.41, 5.74) is 4.18. The van der Waals surface area contributed by atoms with E-state index in [1.807, 2.05) is 6.07 Å². The van der Waals surface area contributed by atoms with Crippen molar-refractivity contribution in [2.75, 3.05) is 5.43 Å². The molecule has 88 valence electrons. The predicted molar refractivity (Wildman–Crippen MR) is 65.7 cm³/mol. The lowest BCUT2D eigenvalue weighted by Gasteiger charge is -1.98. The molecule has 0 aliphatic heterocycles. The molecular formula is C13H9FN4. The first kappa shape index (κ1) is 11.7. The monoisotopic (exact) mass is 240 g/mol. The largest absolute Gasteiger partial charge is 0.260 e. The summed E-state index contributed by atoms with van der Waals surface area (Å²) in [7, 11) is 0. The summed E-state index contributed by atoms with van der Waals surface area (Å²) in [5.74, 6) is -0.346. The Morgan fingerprint density at radius 2 is 1.94 bits per heavy atom. The topological polar surface area (TPSA) is 60.5 Å². The zero-order valence-corrected chi connectivity index (χ0v) is 9.34. The van der Waals surface area contributed by atoms with E-state index in [-0.39, 0.29) is 5.82 Å². The average Bonchev–Trinajstić information content (AvgIpc) is 2.39. The number of nitrogens with one attached hydrogen (secondary N) is 1. The standard InChI is InChI=1S/C13H9FN4/c14-11-4-2-6-13(8-11)17-18-16-12-5-1-3-10(7-12)9-15/h1-8H,(H,16,17). The second-order valence-corrected chi connectivity index (χ2v) is 3.48. The number of nitriles is 1. The predicted octanol–water partition coefficient (Wildman–Crippen LogP) is 3.81. The minimum absolute atomic E-state index is 0.346. The fourth-order valence-corrected chi connectivity index (χ4v) is 1.34. The number of benzene rings is 2. The van der Waals surface area contributed by atoms with Crippen molar-refractivity contribution in [1.82, 2.24) is 0 Å². The first-order valence-electron chi connectivity index (χ1n) is 5.20. The Balaban J connectivity index is 2.05. The molecular weight excluding hydrogens is 231 g/mol. The minimum atomic E-state index is -0.346. The van der Waals surface area contributed by atoms with Gasteiger partial charge in [0.1, 0.15) is 5.82 Å². The lowest BCUT2D eigenvalue weighted by Crippen LogP contribution is -1.86. The summed E-state index contributed by atoms with van der Waals surface area (Å²) in [6.45, 7) is 0. The summed E-state index contributed by atoms with van der Waals surface area (Å²) in [4.78, 5) is 0. The molecule has 2 rings (SSSR count). The molecule has 0 aliphatic rings. The Bertz CT molecular complexity index is 616. The minimum Gasteiger partial charge on any atom is -0.260 e. The van der Waals surface area contributed by atoms with E-state index in [2.05, 4.69) is 15.8 Å². The smallest absolute Gasteiger partial charge is 0.125 e. The zero-order valence-electron chi connectivity index (χ0n) is 9.34. The maximum absolute atomic E-state index is 12.9. The van der Waals surface area contributed by atoms with Gasteiger partial charge in [0.15, 0.2) is 0 Å². The number of hydrogen-bond acceptors (Lipinski definition) is 3. The van der Waals surface area contributed by atoms with Crippen LogP contribution in [0.4, 0.5) is 15.8 Å². The molecule has 0 radical (unpaired) electrons. The Kier molecular flexibility index (Phi) is 3.62. The van der Waals surface area contributed by atoms with E-state index >= 15 is 0 Å². The van der Waals surface area contributed by atoms with Crippen molar-refractivity contribution in [2.24, 2.45) is 10.3 Å². The molecule has 0 aromatic heterocycles. The zero-order chi connectivity index (χ0) is 12.8. The molecule has 18 heavy (non-hydrogen) atoms. The third-order valence-corrected chi connectivity index (χ3v) is 2.14. The highest BCUT2D eigenvalue weighted by Crippen LogP contribution is 2.15. The van der Waals surface area contributed by atoms with Gasteiger partial charge in [-0.3, -0.25) is 5.43 Å². The van der Waals surface area contributed by atoms with E-state index in [4.69, 9.17) is 5.26 Å². The van der Waals surface area contributed by atoms with Gasteiger partial charge in [-0.05, 0) is 36.4 Å². The molecule has 5 heteroatoms. The van der Waals surface area contributed by atoms with Gasteiger partial charge >= 0.3 is 0 Å². The summed E-state index contributed by atoms with van der Waals surface area (Å²) < 4.78 is 12.9. The number of anilines is 1. The Labute approximate surface area is 103 Å². The maximum Gasteiger partial charge on any atom is 0.125 e. The van der Waals surface area contributed by atoms with Crippen molar-refractivity contribution >= 4 is 11.4 Å². The molecule has 0 aliphatic carbocycles. The van der Waals surface area contributed by atoms with Crippen LogP contribution in [-0.4, -0.2) is 0 Å². The van der Waals surface area contributed by atoms with E-state index < -0.39 is 0 Å². The molecule has 0 heterocycles. The van der Waals surface area contributed by atoms with Crippen LogP contribution in [0.3, 0.4) is 0 Å². The molecule has 1 N–H and O–H groups in total. The van der Waals surface area contributed by atoms with Gasteiger partial charge in [-0.1, -0.05) is 17.4 Å². The van der Waals surface area contributed by atoms with Gasteiger partial charge < -0.3 is 0 Å². The molecule has 0 atom stereocenters. The number of nitrogens with zero attached hydrogens (tertiary/aromatic N) is 3. The van der Waals surface area contributed by atoms with E-state index in [0.717, 1.165) is 0 Å². The van der Waals surface area contributed by atoms with Crippen LogP contribution in [0.25, 0.3) is 0 Å². The van der Waals surface area contributed by atoms with Gasteiger partial charge in [-0.2, -0.15) is 5.26 Å². The van der Waals surface area contributed by atoms with Gasteiger partial charge in [0.05, 0.1) is 23.0 Å².